The number of anilines is 2. The van der Waals surface area contributed by atoms with E-state index in [1.165, 1.54) is 0 Å². The van der Waals surface area contributed by atoms with Crippen LogP contribution in [0.1, 0.15) is 31.1 Å². The first-order valence-electron chi connectivity index (χ1n) is 8.86. The summed E-state index contributed by atoms with van der Waals surface area (Å²) >= 11 is 0. The van der Waals surface area contributed by atoms with Gasteiger partial charge in [-0.05, 0) is 57.2 Å². The van der Waals surface area contributed by atoms with Crippen molar-refractivity contribution in [2.45, 2.75) is 26.8 Å². The van der Waals surface area contributed by atoms with Crippen molar-refractivity contribution in [2.75, 3.05) is 16.8 Å². The van der Waals surface area contributed by atoms with E-state index in [0.29, 0.717) is 11.6 Å². The van der Waals surface area contributed by atoms with Crippen molar-refractivity contribution in [3.63, 3.8) is 0 Å². The van der Waals surface area contributed by atoms with Crippen molar-refractivity contribution in [1.29, 1.82) is 0 Å². The van der Waals surface area contributed by atoms with Crippen LogP contribution in [-0.4, -0.2) is 28.3 Å². The van der Waals surface area contributed by atoms with Crippen LogP contribution in [0.2, 0.25) is 0 Å². The lowest BCUT2D eigenvalue weighted by molar-refractivity contribution is 0.102. The Hall–Kier alpha value is -3.08. The molecule has 3 aromatic rings. The molecular weight excluding hydrogens is 324 g/mol. The Kier molecular flexibility index (Phi) is 5.37. The van der Waals surface area contributed by atoms with E-state index in [-0.39, 0.29) is 5.91 Å². The lowest BCUT2D eigenvalue weighted by Crippen LogP contribution is -2.30. The van der Waals surface area contributed by atoms with Gasteiger partial charge in [0, 0.05) is 30.2 Å². The standard InChI is InChI=1S/C21H24N4O/c1-4-24(16(2)3)19-12-10-18(11-13-19)23-21(26)17-14-22-25(15-17)20-8-6-5-7-9-20/h5-16H,4H2,1-3H3,(H,23,26). The van der Waals surface area contributed by atoms with E-state index < -0.39 is 0 Å². The van der Waals surface area contributed by atoms with Crippen molar-refractivity contribution >= 4 is 17.3 Å². The van der Waals surface area contributed by atoms with Crippen molar-refractivity contribution in [1.82, 2.24) is 9.78 Å². The van der Waals surface area contributed by atoms with Gasteiger partial charge >= 0.3 is 0 Å². The third-order valence-corrected chi connectivity index (χ3v) is 4.29. The summed E-state index contributed by atoms with van der Waals surface area (Å²) in [6, 6.07) is 18.1. The maximum atomic E-state index is 12.5. The van der Waals surface area contributed by atoms with Gasteiger partial charge in [0.2, 0.25) is 0 Å². The zero-order valence-electron chi connectivity index (χ0n) is 15.4. The summed E-state index contributed by atoms with van der Waals surface area (Å²) in [6.07, 6.45) is 3.31. The first-order valence-corrected chi connectivity index (χ1v) is 8.86. The molecule has 1 heterocycles. The molecule has 5 nitrogen and oxygen atoms in total. The molecule has 3 rings (SSSR count). The molecule has 0 aliphatic heterocycles. The fourth-order valence-corrected chi connectivity index (χ4v) is 2.95. The van der Waals surface area contributed by atoms with Crippen molar-refractivity contribution < 1.29 is 4.79 Å². The van der Waals surface area contributed by atoms with E-state index in [1.807, 2.05) is 54.6 Å². The Morgan fingerprint density at radius 2 is 1.81 bits per heavy atom. The molecule has 0 bridgehead atoms. The molecule has 1 amide bonds. The Labute approximate surface area is 154 Å². The average molecular weight is 348 g/mol. The Bertz CT molecular complexity index is 853. The molecule has 2 aromatic carbocycles. The highest BCUT2D eigenvalue weighted by Gasteiger charge is 2.11. The third-order valence-electron chi connectivity index (χ3n) is 4.29. The Balaban J connectivity index is 1.69. The van der Waals surface area contributed by atoms with Crippen LogP contribution in [0.5, 0.6) is 0 Å². The van der Waals surface area contributed by atoms with Crippen LogP contribution in [0.4, 0.5) is 11.4 Å². The first-order chi connectivity index (χ1) is 12.6. The van der Waals surface area contributed by atoms with Crippen LogP contribution < -0.4 is 10.2 Å². The van der Waals surface area contributed by atoms with Gasteiger partial charge in [0.15, 0.2) is 0 Å². The number of para-hydroxylation sites is 1. The number of nitrogens with one attached hydrogen (secondary N) is 1. The molecule has 0 radical (unpaired) electrons. The summed E-state index contributed by atoms with van der Waals surface area (Å²) in [5.74, 6) is -0.170. The summed E-state index contributed by atoms with van der Waals surface area (Å²) in [6.45, 7) is 7.43. The number of hydrogen-bond donors (Lipinski definition) is 1. The minimum atomic E-state index is -0.170. The molecular formula is C21H24N4O. The number of rotatable bonds is 6. The Morgan fingerprint density at radius 1 is 1.12 bits per heavy atom. The predicted molar refractivity (Wildman–Crippen MR) is 106 cm³/mol. The highest BCUT2D eigenvalue weighted by atomic mass is 16.1. The van der Waals surface area contributed by atoms with Gasteiger partial charge < -0.3 is 10.2 Å². The summed E-state index contributed by atoms with van der Waals surface area (Å²) < 4.78 is 1.69. The lowest BCUT2D eigenvalue weighted by Gasteiger charge is -2.27. The SMILES string of the molecule is CCN(c1ccc(NC(=O)c2cnn(-c3ccccc3)c2)cc1)C(C)C. The van der Waals surface area contributed by atoms with Gasteiger partial charge in [-0.25, -0.2) is 4.68 Å². The Morgan fingerprint density at radius 3 is 2.42 bits per heavy atom. The molecule has 0 atom stereocenters. The maximum absolute atomic E-state index is 12.5. The molecule has 0 spiro atoms. The van der Waals surface area contributed by atoms with E-state index >= 15 is 0 Å². The number of carbonyl (C=O) groups is 1. The van der Waals surface area contributed by atoms with E-state index in [2.05, 4.69) is 36.1 Å². The fraction of sp³-hybridized carbons (Fsp3) is 0.238. The van der Waals surface area contributed by atoms with Crippen LogP contribution in [0.15, 0.2) is 67.0 Å². The number of aromatic nitrogens is 2. The van der Waals surface area contributed by atoms with Crippen LogP contribution in [-0.2, 0) is 0 Å². The number of carbonyl (C=O) groups excluding carboxylic acids is 1. The van der Waals surface area contributed by atoms with Gasteiger partial charge in [-0.3, -0.25) is 4.79 Å². The first kappa shape index (κ1) is 17.7. The summed E-state index contributed by atoms with van der Waals surface area (Å²) in [5, 5.41) is 7.19. The molecule has 0 fully saturated rings. The molecule has 0 saturated carbocycles. The fourth-order valence-electron chi connectivity index (χ4n) is 2.95. The van der Waals surface area contributed by atoms with Gasteiger partial charge in [0.1, 0.15) is 0 Å². The van der Waals surface area contributed by atoms with Gasteiger partial charge in [0.25, 0.3) is 5.91 Å². The lowest BCUT2D eigenvalue weighted by atomic mass is 10.2. The zero-order chi connectivity index (χ0) is 18.5. The van der Waals surface area contributed by atoms with Gasteiger partial charge in [-0.2, -0.15) is 5.10 Å². The zero-order valence-corrected chi connectivity index (χ0v) is 15.4. The predicted octanol–water partition coefficient (Wildman–Crippen LogP) is 4.36. The minimum absolute atomic E-state index is 0.170. The topological polar surface area (TPSA) is 50.2 Å². The quantitative estimate of drug-likeness (QED) is 0.720. The molecule has 1 aromatic heterocycles. The molecule has 0 unspecified atom stereocenters. The highest BCUT2D eigenvalue weighted by Crippen LogP contribution is 2.20. The molecule has 0 saturated heterocycles. The summed E-state index contributed by atoms with van der Waals surface area (Å²) in [5.41, 5.74) is 3.36. The third kappa shape index (κ3) is 3.94. The summed E-state index contributed by atoms with van der Waals surface area (Å²) in [7, 11) is 0. The minimum Gasteiger partial charge on any atom is -0.369 e. The second-order valence-corrected chi connectivity index (χ2v) is 6.39. The van der Waals surface area contributed by atoms with Crippen molar-refractivity contribution in [2.24, 2.45) is 0 Å². The molecule has 0 aliphatic carbocycles. The van der Waals surface area contributed by atoms with Gasteiger partial charge in [-0.15, -0.1) is 0 Å². The van der Waals surface area contributed by atoms with Gasteiger partial charge in [0.05, 0.1) is 17.4 Å². The molecule has 1 N–H and O–H groups in total. The highest BCUT2D eigenvalue weighted by molar-refractivity contribution is 6.04. The van der Waals surface area contributed by atoms with Gasteiger partial charge in [-0.1, -0.05) is 18.2 Å². The number of benzene rings is 2. The number of hydrogen-bond acceptors (Lipinski definition) is 3. The number of amides is 1. The smallest absolute Gasteiger partial charge is 0.258 e. The van der Waals surface area contributed by atoms with Crippen LogP contribution in [0.3, 0.4) is 0 Å². The van der Waals surface area contributed by atoms with E-state index in [1.54, 1.807) is 17.1 Å². The van der Waals surface area contributed by atoms with E-state index in [9.17, 15) is 4.79 Å². The maximum Gasteiger partial charge on any atom is 0.258 e. The molecule has 134 valence electrons. The normalized spacial score (nSPS) is 10.8. The van der Waals surface area contributed by atoms with Crippen molar-refractivity contribution in [3.05, 3.63) is 72.6 Å². The second kappa shape index (κ2) is 7.87. The average Bonchev–Trinajstić information content (AvgIpc) is 3.14. The van der Waals surface area contributed by atoms with Crippen LogP contribution >= 0.6 is 0 Å². The monoisotopic (exact) mass is 348 g/mol. The number of nitrogens with zero attached hydrogens (tertiary/aromatic N) is 3. The van der Waals surface area contributed by atoms with Crippen LogP contribution in [0.25, 0.3) is 5.69 Å². The molecule has 5 heteroatoms. The van der Waals surface area contributed by atoms with Crippen molar-refractivity contribution in [3.8, 4) is 5.69 Å². The van der Waals surface area contributed by atoms with E-state index in [4.69, 9.17) is 0 Å². The summed E-state index contributed by atoms with van der Waals surface area (Å²) in [4.78, 5) is 14.8. The van der Waals surface area contributed by atoms with E-state index in [0.717, 1.165) is 23.6 Å². The van der Waals surface area contributed by atoms with Crippen LogP contribution in [0, 0.1) is 0 Å². The molecule has 0 aliphatic rings. The largest absolute Gasteiger partial charge is 0.369 e. The second-order valence-electron chi connectivity index (χ2n) is 6.39. The molecule has 26 heavy (non-hydrogen) atoms.